The van der Waals surface area contributed by atoms with Gasteiger partial charge in [0.15, 0.2) is 0 Å². The van der Waals surface area contributed by atoms with Gasteiger partial charge in [-0.3, -0.25) is 14.9 Å². The predicted octanol–water partition coefficient (Wildman–Crippen LogP) is 2.06. The quantitative estimate of drug-likeness (QED) is 0.581. The molecule has 0 saturated heterocycles. The van der Waals surface area contributed by atoms with Gasteiger partial charge in [0.05, 0.1) is 14.8 Å². The van der Waals surface area contributed by atoms with Crippen molar-refractivity contribution < 1.29 is 18.1 Å². The molecular weight excluding hydrogens is 370 g/mol. The third kappa shape index (κ3) is 4.13. The maximum absolute atomic E-state index is 12.6. The topological polar surface area (TPSA) is 132 Å². The number of nitrogens with zero attached hydrogens (tertiary/aromatic N) is 1. The summed E-state index contributed by atoms with van der Waals surface area (Å²) in [6, 6.07) is 8.62. The van der Waals surface area contributed by atoms with Crippen LogP contribution in [-0.2, 0) is 14.8 Å². The van der Waals surface area contributed by atoms with Gasteiger partial charge in [-0.05, 0) is 18.6 Å². The normalized spacial score (nSPS) is 12.6. The predicted molar refractivity (Wildman–Crippen MR) is 91.5 cm³/mol. The summed E-state index contributed by atoms with van der Waals surface area (Å²) < 4.78 is 27.3. The summed E-state index contributed by atoms with van der Waals surface area (Å²) in [7, 11) is -4.29. The molecule has 8 nitrogen and oxygen atoms in total. The second-order valence-electron chi connectivity index (χ2n) is 5.17. The average Bonchev–Trinajstić information content (AvgIpc) is 2.55. The van der Waals surface area contributed by atoms with Gasteiger partial charge in [-0.1, -0.05) is 41.9 Å². The van der Waals surface area contributed by atoms with Crippen molar-refractivity contribution in [1.82, 2.24) is 4.72 Å². The molecule has 25 heavy (non-hydrogen) atoms. The zero-order chi connectivity index (χ0) is 18.8. The molecule has 10 heteroatoms. The molecule has 0 fully saturated rings. The van der Waals surface area contributed by atoms with Gasteiger partial charge in [-0.2, -0.15) is 4.72 Å². The molecule has 0 aliphatic rings. The van der Waals surface area contributed by atoms with Crippen LogP contribution in [0, 0.1) is 17.0 Å². The zero-order valence-corrected chi connectivity index (χ0v) is 14.5. The lowest BCUT2D eigenvalue weighted by atomic mass is 10.1. The summed E-state index contributed by atoms with van der Waals surface area (Å²) in [5, 5.41) is 11.0. The fourth-order valence-corrected chi connectivity index (χ4v) is 3.66. The van der Waals surface area contributed by atoms with E-state index in [0.29, 0.717) is 5.56 Å². The van der Waals surface area contributed by atoms with Gasteiger partial charge in [-0.15, -0.1) is 0 Å². The lowest BCUT2D eigenvalue weighted by Crippen LogP contribution is -2.37. The molecule has 0 aliphatic carbocycles. The van der Waals surface area contributed by atoms with Crippen LogP contribution in [0.4, 0.5) is 5.69 Å². The molecule has 0 radical (unpaired) electrons. The van der Waals surface area contributed by atoms with E-state index in [4.69, 9.17) is 17.3 Å². The van der Waals surface area contributed by atoms with Crippen molar-refractivity contribution in [2.45, 2.75) is 17.9 Å². The lowest BCUT2D eigenvalue weighted by Gasteiger charge is -2.16. The zero-order valence-electron chi connectivity index (χ0n) is 13.0. The monoisotopic (exact) mass is 383 g/mol. The Morgan fingerprint density at radius 3 is 2.40 bits per heavy atom. The first-order chi connectivity index (χ1) is 11.6. The van der Waals surface area contributed by atoms with Crippen molar-refractivity contribution in [2.75, 3.05) is 0 Å². The first kappa shape index (κ1) is 18.8. The van der Waals surface area contributed by atoms with Gasteiger partial charge in [0.25, 0.3) is 5.69 Å². The second kappa shape index (κ2) is 7.18. The lowest BCUT2D eigenvalue weighted by molar-refractivity contribution is -0.385. The van der Waals surface area contributed by atoms with E-state index in [2.05, 4.69) is 4.72 Å². The van der Waals surface area contributed by atoms with E-state index in [9.17, 15) is 23.3 Å². The molecular formula is C15H14ClN3O5S. The molecule has 2 aromatic rings. The van der Waals surface area contributed by atoms with E-state index in [1.54, 1.807) is 18.2 Å². The van der Waals surface area contributed by atoms with Crippen molar-refractivity contribution in [3.8, 4) is 0 Å². The van der Waals surface area contributed by atoms with Crippen LogP contribution in [-0.4, -0.2) is 19.2 Å². The molecule has 1 amide bonds. The molecule has 2 rings (SSSR count). The minimum absolute atomic E-state index is 0.0788. The SMILES string of the molecule is Cc1c(Cl)cc(S(=O)(=O)NC(C(N)=O)c2ccccc2)cc1[N+](=O)[O-]. The van der Waals surface area contributed by atoms with Gasteiger partial charge in [0.2, 0.25) is 15.9 Å². The van der Waals surface area contributed by atoms with Crippen molar-refractivity contribution in [1.29, 1.82) is 0 Å². The van der Waals surface area contributed by atoms with Gasteiger partial charge in [0.1, 0.15) is 6.04 Å². The number of nitro groups is 1. The number of halogens is 1. The van der Waals surface area contributed by atoms with Crippen LogP contribution in [0.25, 0.3) is 0 Å². The maximum atomic E-state index is 12.6. The summed E-state index contributed by atoms with van der Waals surface area (Å²) in [5.74, 6) is -0.914. The first-order valence-corrected chi connectivity index (χ1v) is 8.80. The van der Waals surface area contributed by atoms with Gasteiger partial charge >= 0.3 is 0 Å². The van der Waals surface area contributed by atoms with Gasteiger partial charge < -0.3 is 5.73 Å². The Morgan fingerprint density at radius 2 is 1.88 bits per heavy atom. The van der Waals surface area contributed by atoms with Gasteiger partial charge in [0, 0.05) is 11.6 Å². The number of carbonyl (C=O) groups excluding carboxylic acids is 1. The fourth-order valence-electron chi connectivity index (χ4n) is 2.14. The highest BCUT2D eigenvalue weighted by Gasteiger charge is 2.28. The fraction of sp³-hybridized carbons (Fsp3) is 0.133. The van der Waals surface area contributed by atoms with E-state index >= 15 is 0 Å². The number of sulfonamides is 1. The van der Waals surface area contributed by atoms with Crippen LogP contribution in [0.15, 0.2) is 47.4 Å². The number of amides is 1. The highest BCUT2D eigenvalue weighted by atomic mass is 35.5. The number of hydrogen-bond acceptors (Lipinski definition) is 5. The second-order valence-corrected chi connectivity index (χ2v) is 7.29. The summed E-state index contributed by atoms with van der Waals surface area (Å²) in [4.78, 5) is 21.6. The number of benzene rings is 2. The number of hydrogen-bond donors (Lipinski definition) is 2. The number of carbonyl (C=O) groups is 1. The average molecular weight is 384 g/mol. The Bertz CT molecular complexity index is 932. The Kier molecular flexibility index (Phi) is 5.41. The molecule has 0 aliphatic heterocycles. The third-order valence-corrected chi connectivity index (χ3v) is 5.28. The highest BCUT2D eigenvalue weighted by molar-refractivity contribution is 7.89. The number of rotatable bonds is 6. The first-order valence-electron chi connectivity index (χ1n) is 6.94. The standard InChI is InChI=1S/C15H14ClN3O5S/c1-9-12(16)7-11(8-13(9)19(21)22)25(23,24)18-14(15(17)20)10-5-3-2-4-6-10/h2-8,14,18H,1H3,(H2,17,20). The van der Waals surface area contributed by atoms with E-state index in [1.165, 1.54) is 19.1 Å². The smallest absolute Gasteiger partial charge is 0.275 e. The Balaban J connectivity index is 2.48. The van der Waals surface area contributed by atoms with Gasteiger partial charge in [-0.25, -0.2) is 8.42 Å². The van der Waals surface area contributed by atoms with Crippen molar-refractivity contribution in [3.63, 3.8) is 0 Å². The molecule has 0 saturated carbocycles. The molecule has 1 atom stereocenters. The summed E-state index contributed by atoms with van der Waals surface area (Å²) >= 11 is 5.90. The number of nitro benzene ring substituents is 1. The van der Waals surface area contributed by atoms with Crippen LogP contribution in [0.1, 0.15) is 17.2 Å². The molecule has 2 aromatic carbocycles. The minimum atomic E-state index is -4.29. The number of nitrogens with two attached hydrogens (primary N) is 1. The molecule has 0 aromatic heterocycles. The van der Waals surface area contributed by atoms with Crippen LogP contribution < -0.4 is 10.5 Å². The maximum Gasteiger partial charge on any atom is 0.275 e. The van der Waals surface area contributed by atoms with E-state index in [0.717, 1.165) is 12.1 Å². The molecule has 0 bridgehead atoms. The number of primary amides is 1. The van der Waals surface area contributed by atoms with Crippen molar-refractivity contribution >= 4 is 33.2 Å². The number of nitrogens with one attached hydrogen (secondary N) is 1. The summed E-state index contributed by atoms with van der Waals surface area (Å²) in [5.41, 5.74) is 5.32. The van der Waals surface area contributed by atoms with Crippen LogP contribution in [0.5, 0.6) is 0 Å². The third-order valence-electron chi connectivity index (χ3n) is 3.49. The van der Waals surface area contributed by atoms with Crippen LogP contribution in [0.2, 0.25) is 5.02 Å². The molecule has 3 N–H and O–H groups in total. The van der Waals surface area contributed by atoms with E-state index in [1.807, 2.05) is 0 Å². The minimum Gasteiger partial charge on any atom is -0.368 e. The molecule has 132 valence electrons. The summed E-state index contributed by atoms with van der Waals surface area (Å²) in [6.07, 6.45) is 0. The summed E-state index contributed by atoms with van der Waals surface area (Å²) in [6.45, 7) is 1.40. The van der Waals surface area contributed by atoms with Crippen LogP contribution in [0.3, 0.4) is 0 Å². The molecule has 0 spiro atoms. The van der Waals surface area contributed by atoms with Crippen molar-refractivity contribution in [3.05, 3.63) is 68.7 Å². The Labute approximate surface area is 148 Å². The van der Waals surface area contributed by atoms with Crippen molar-refractivity contribution in [2.24, 2.45) is 5.73 Å². The Morgan fingerprint density at radius 1 is 1.28 bits per heavy atom. The van der Waals surface area contributed by atoms with E-state index < -0.39 is 37.5 Å². The molecule has 0 heterocycles. The largest absolute Gasteiger partial charge is 0.368 e. The molecule has 1 unspecified atom stereocenters. The Hall–Kier alpha value is -2.49. The van der Waals surface area contributed by atoms with E-state index in [-0.39, 0.29) is 10.6 Å². The van der Waals surface area contributed by atoms with Crippen LogP contribution >= 0.6 is 11.6 Å². The highest BCUT2D eigenvalue weighted by Crippen LogP contribution is 2.30.